The Morgan fingerprint density at radius 3 is 2.70 bits per heavy atom. The molecule has 0 aliphatic heterocycles. The number of nitrogens with one attached hydrogen (secondary N) is 1. The fraction of sp³-hybridized carbons (Fsp3) is 0.250. The number of carbonyl (C=O) groups is 2. The van der Waals surface area contributed by atoms with Gasteiger partial charge in [0.25, 0.3) is 5.91 Å². The monoisotopic (exact) mass is 353 g/mol. The van der Waals surface area contributed by atoms with E-state index >= 15 is 0 Å². The zero-order valence-corrected chi connectivity index (χ0v) is 14.0. The zero-order valence-electron chi connectivity index (χ0n) is 12.5. The van der Waals surface area contributed by atoms with Crippen LogP contribution in [0.2, 0.25) is 5.02 Å². The number of amides is 1. The molecule has 1 aromatic carbocycles. The van der Waals surface area contributed by atoms with Crippen LogP contribution in [-0.2, 0) is 14.3 Å². The maximum atomic E-state index is 12.1. The quantitative estimate of drug-likeness (QED) is 0.776. The number of benzene rings is 1. The second-order valence-corrected chi connectivity index (χ2v) is 6.02. The summed E-state index contributed by atoms with van der Waals surface area (Å²) in [6, 6.07) is 10.2. The van der Waals surface area contributed by atoms with E-state index < -0.39 is 12.0 Å². The molecule has 5 nitrogen and oxygen atoms in total. The Morgan fingerprint density at radius 1 is 1.26 bits per heavy atom. The van der Waals surface area contributed by atoms with E-state index in [0.29, 0.717) is 10.8 Å². The molecule has 0 fully saturated rings. The first-order chi connectivity index (χ1) is 11.1. The molecule has 1 amide bonds. The molecule has 0 aliphatic rings. The lowest BCUT2D eigenvalue weighted by Crippen LogP contribution is -2.33. The van der Waals surface area contributed by atoms with Gasteiger partial charge in [0, 0.05) is 4.88 Å². The number of hydrogen-bond acceptors (Lipinski definition) is 5. The minimum atomic E-state index is -0.440. The Kier molecular flexibility index (Phi) is 6.43. The summed E-state index contributed by atoms with van der Waals surface area (Å²) in [6.45, 7) is -0.188. The van der Waals surface area contributed by atoms with Crippen molar-refractivity contribution in [3.05, 3.63) is 51.7 Å². The number of halogens is 1. The summed E-state index contributed by atoms with van der Waals surface area (Å²) in [4.78, 5) is 24.5. The second kappa shape index (κ2) is 8.55. The minimum absolute atomic E-state index is 0.0643. The van der Waals surface area contributed by atoms with Crippen LogP contribution < -0.4 is 10.1 Å². The van der Waals surface area contributed by atoms with Crippen molar-refractivity contribution in [2.24, 2.45) is 0 Å². The van der Waals surface area contributed by atoms with E-state index in [0.717, 1.165) is 4.88 Å². The van der Waals surface area contributed by atoms with Gasteiger partial charge in [-0.1, -0.05) is 29.8 Å². The van der Waals surface area contributed by atoms with Gasteiger partial charge in [-0.25, -0.2) is 0 Å². The molecule has 1 atom stereocenters. The van der Waals surface area contributed by atoms with Crippen LogP contribution in [0, 0.1) is 0 Å². The van der Waals surface area contributed by atoms with Gasteiger partial charge in [-0.2, -0.15) is 0 Å². The van der Waals surface area contributed by atoms with Gasteiger partial charge < -0.3 is 14.8 Å². The molecule has 2 rings (SSSR count). The molecule has 0 aliphatic carbocycles. The van der Waals surface area contributed by atoms with E-state index in [1.807, 2.05) is 17.5 Å². The minimum Gasteiger partial charge on any atom is -0.482 e. The van der Waals surface area contributed by atoms with E-state index in [1.54, 1.807) is 24.3 Å². The summed E-state index contributed by atoms with van der Waals surface area (Å²) in [5.41, 5.74) is 0. The van der Waals surface area contributed by atoms with Crippen molar-refractivity contribution in [2.45, 2.75) is 12.5 Å². The largest absolute Gasteiger partial charge is 0.482 e. The maximum Gasteiger partial charge on any atom is 0.307 e. The Bertz CT molecular complexity index is 660. The summed E-state index contributed by atoms with van der Waals surface area (Å²) < 4.78 is 10.1. The van der Waals surface area contributed by atoms with E-state index in [4.69, 9.17) is 16.3 Å². The van der Waals surface area contributed by atoms with E-state index in [2.05, 4.69) is 10.1 Å². The van der Waals surface area contributed by atoms with Gasteiger partial charge >= 0.3 is 5.97 Å². The van der Waals surface area contributed by atoms with Crippen LogP contribution in [0.1, 0.15) is 17.3 Å². The average molecular weight is 354 g/mol. The highest BCUT2D eigenvalue weighted by atomic mass is 35.5. The predicted octanol–water partition coefficient (Wildman–Crippen LogP) is 3.20. The van der Waals surface area contributed by atoms with Crippen molar-refractivity contribution in [2.75, 3.05) is 13.7 Å². The van der Waals surface area contributed by atoms with E-state index in [9.17, 15) is 9.59 Å². The first-order valence-electron chi connectivity index (χ1n) is 6.87. The molecule has 1 unspecified atom stereocenters. The first kappa shape index (κ1) is 17.3. The summed E-state index contributed by atoms with van der Waals surface area (Å²) in [7, 11) is 1.32. The molecule has 0 saturated carbocycles. The van der Waals surface area contributed by atoms with Crippen molar-refractivity contribution >= 4 is 34.8 Å². The van der Waals surface area contributed by atoms with Crippen LogP contribution >= 0.6 is 22.9 Å². The Hall–Kier alpha value is -2.05. The maximum absolute atomic E-state index is 12.1. The summed E-state index contributed by atoms with van der Waals surface area (Å²) in [5, 5.41) is 5.09. The number of ether oxygens (including phenoxy) is 2. The highest BCUT2D eigenvalue weighted by Gasteiger charge is 2.20. The SMILES string of the molecule is COC(=O)CC(NC(=O)COc1ccccc1Cl)c1cccs1. The summed E-state index contributed by atoms with van der Waals surface area (Å²) in [5.74, 6) is -0.298. The highest BCUT2D eigenvalue weighted by molar-refractivity contribution is 7.10. The smallest absolute Gasteiger partial charge is 0.307 e. The number of para-hydroxylation sites is 1. The molecule has 0 spiro atoms. The van der Waals surface area contributed by atoms with Crippen molar-refractivity contribution in [3.8, 4) is 5.75 Å². The summed E-state index contributed by atoms with van der Waals surface area (Å²) >= 11 is 7.42. The normalized spacial score (nSPS) is 11.6. The molecule has 1 heterocycles. The first-order valence-corrected chi connectivity index (χ1v) is 8.13. The lowest BCUT2D eigenvalue weighted by molar-refractivity contribution is -0.141. The zero-order chi connectivity index (χ0) is 16.7. The molecule has 122 valence electrons. The van der Waals surface area contributed by atoms with Crippen molar-refractivity contribution in [1.29, 1.82) is 0 Å². The van der Waals surface area contributed by atoms with Gasteiger partial charge in [-0.3, -0.25) is 9.59 Å². The number of carbonyl (C=O) groups excluding carboxylic acids is 2. The molecule has 0 radical (unpaired) electrons. The van der Waals surface area contributed by atoms with Gasteiger partial charge in [-0.15, -0.1) is 11.3 Å². The Balaban J connectivity index is 1.95. The number of thiophene rings is 1. The van der Waals surface area contributed by atoms with Crippen LogP contribution in [0.5, 0.6) is 5.75 Å². The predicted molar refractivity (Wildman–Crippen MR) is 88.8 cm³/mol. The van der Waals surface area contributed by atoms with E-state index in [-0.39, 0.29) is 18.9 Å². The molecular weight excluding hydrogens is 338 g/mol. The number of hydrogen-bond donors (Lipinski definition) is 1. The van der Waals surface area contributed by atoms with Crippen LogP contribution in [0.25, 0.3) is 0 Å². The molecule has 7 heteroatoms. The topological polar surface area (TPSA) is 64.6 Å². The third-order valence-corrected chi connectivity index (χ3v) is 4.31. The number of esters is 1. The molecule has 0 bridgehead atoms. The van der Waals surface area contributed by atoms with Crippen molar-refractivity contribution in [3.63, 3.8) is 0 Å². The van der Waals surface area contributed by atoms with Gasteiger partial charge in [0.15, 0.2) is 6.61 Å². The Labute approximate surface area is 143 Å². The second-order valence-electron chi connectivity index (χ2n) is 4.63. The molecule has 0 saturated heterocycles. The van der Waals surface area contributed by atoms with E-state index in [1.165, 1.54) is 18.4 Å². The molecule has 23 heavy (non-hydrogen) atoms. The van der Waals surface area contributed by atoms with Crippen LogP contribution in [0.4, 0.5) is 0 Å². The third-order valence-electron chi connectivity index (χ3n) is 3.02. The fourth-order valence-electron chi connectivity index (χ4n) is 1.90. The average Bonchev–Trinajstić information content (AvgIpc) is 3.07. The van der Waals surface area contributed by atoms with Crippen LogP contribution in [0.15, 0.2) is 41.8 Å². The van der Waals surface area contributed by atoms with Gasteiger partial charge in [0.2, 0.25) is 0 Å². The lowest BCUT2D eigenvalue weighted by Gasteiger charge is -2.16. The van der Waals surface area contributed by atoms with Gasteiger partial charge in [0.1, 0.15) is 5.75 Å². The fourth-order valence-corrected chi connectivity index (χ4v) is 2.87. The molecule has 1 N–H and O–H groups in total. The number of rotatable bonds is 7. The van der Waals surface area contributed by atoms with Crippen molar-refractivity contribution in [1.82, 2.24) is 5.32 Å². The molecular formula is C16H16ClNO4S. The van der Waals surface area contributed by atoms with Crippen LogP contribution in [-0.4, -0.2) is 25.6 Å². The number of methoxy groups -OCH3 is 1. The van der Waals surface area contributed by atoms with Crippen LogP contribution in [0.3, 0.4) is 0 Å². The van der Waals surface area contributed by atoms with Gasteiger partial charge in [0.05, 0.1) is 24.6 Å². The Morgan fingerprint density at radius 2 is 2.04 bits per heavy atom. The highest BCUT2D eigenvalue weighted by Crippen LogP contribution is 2.24. The van der Waals surface area contributed by atoms with Gasteiger partial charge in [-0.05, 0) is 23.6 Å². The summed E-state index contributed by atoms with van der Waals surface area (Å²) in [6.07, 6.45) is 0.0643. The lowest BCUT2D eigenvalue weighted by atomic mass is 10.1. The van der Waals surface area contributed by atoms with Crippen molar-refractivity contribution < 1.29 is 19.1 Å². The molecule has 1 aromatic heterocycles. The molecule has 2 aromatic rings. The standard InChI is InChI=1S/C16H16ClNO4S/c1-21-16(20)9-12(14-7-4-8-23-14)18-15(19)10-22-13-6-3-2-5-11(13)17/h2-8,12H,9-10H2,1H3,(H,18,19). The third kappa shape index (κ3) is 5.26.